The van der Waals surface area contributed by atoms with E-state index in [4.69, 9.17) is 4.74 Å². The lowest BCUT2D eigenvalue weighted by atomic mass is 10.0. The Morgan fingerprint density at radius 3 is 2.58 bits per heavy atom. The Kier molecular flexibility index (Phi) is 7.30. The highest BCUT2D eigenvalue weighted by Crippen LogP contribution is 2.29. The number of amides is 1. The van der Waals surface area contributed by atoms with Gasteiger partial charge in [0.25, 0.3) is 0 Å². The van der Waals surface area contributed by atoms with Crippen LogP contribution in [-0.4, -0.2) is 45.7 Å². The molecule has 7 heteroatoms. The Bertz CT molecular complexity index is 1180. The summed E-state index contributed by atoms with van der Waals surface area (Å²) in [5, 5.41) is 5.00. The van der Waals surface area contributed by atoms with Crippen molar-refractivity contribution in [2.24, 2.45) is 0 Å². The van der Waals surface area contributed by atoms with Crippen molar-refractivity contribution in [3.8, 4) is 5.75 Å². The molecule has 0 aliphatic rings. The van der Waals surface area contributed by atoms with Crippen molar-refractivity contribution >= 4 is 32.2 Å². The quantitative estimate of drug-likeness (QED) is 0.542. The van der Waals surface area contributed by atoms with E-state index in [9.17, 15) is 13.2 Å². The fraction of sp³-hybridized carbons (Fsp3) is 0.292. The minimum atomic E-state index is -3.33. The molecule has 0 unspecified atom stereocenters. The van der Waals surface area contributed by atoms with E-state index in [0.29, 0.717) is 18.8 Å². The predicted molar refractivity (Wildman–Crippen MR) is 124 cm³/mol. The lowest BCUT2D eigenvalue weighted by Crippen LogP contribution is -2.30. The van der Waals surface area contributed by atoms with Gasteiger partial charge in [-0.3, -0.25) is 9.69 Å². The number of carbonyl (C=O) groups is 1. The van der Waals surface area contributed by atoms with Crippen LogP contribution < -0.4 is 10.1 Å². The molecular formula is C24H28N2O4S. The Labute approximate surface area is 183 Å². The smallest absolute Gasteiger partial charge is 0.238 e. The van der Waals surface area contributed by atoms with Crippen LogP contribution in [0.3, 0.4) is 0 Å². The zero-order valence-corrected chi connectivity index (χ0v) is 18.9. The van der Waals surface area contributed by atoms with Crippen molar-refractivity contribution in [1.29, 1.82) is 0 Å². The standard InChI is InChI=1S/C24H28N2O4S/c1-4-14-30-23-13-12-18-8-5-6-11-21(18)22(23)16-26(2)17-24(27)25-19-9-7-10-20(15-19)31(3,28)29/h5-13,15H,4,14,16-17H2,1-3H3,(H,25,27). The molecular weight excluding hydrogens is 412 g/mol. The van der Waals surface area contributed by atoms with Gasteiger partial charge in [-0.25, -0.2) is 8.42 Å². The maximum atomic E-state index is 12.6. The number of rotatable bonds is 9. The van der Waals surface area contributed by atoms with Crippen molar-refractivity contribution in [2.45, 2.75) is 24.8 Å². The third-order valence-electron chi connectivity index (χ3n) is 4.85. The average Bonchev–Trinajstić information content (AvgIpc) is 2.72. The molecule has 0 aliphatic carbocycles. The summed E-state index contributed by atoms with van der Waals surface area (Å²) in [6.45, 7) is 3.39. The molecule has 1 amide bonds. The molecule has 0 aromatic heterocycles. The topological polar surface area (TPSA) is 75.7 Å². The normalized spacial score (nSPS) is 11.6. The van der Waals surface area contributed by atoms with Gasteiger partial charge in [0.15, 0.2) is 9.84 Å². The number of hydrogen-bond acceptors (Lipinski definition) is 5. The van der Waals surface area contributed by atoms with Gasteiger partial charge in [-0.1, -0.05) is 43.3 Å². The first kappa shape index (κ1) is 22.8. The monoisotopic (exact) mass is 440 g/mol. The predicted octanol–water partition coefficient (Wildman–Crippen LogP) is 4.10. The molecule has 0 radical (unpaired) electrons. The van der Waals surface area contributed by atoms with Crippen molar-refractivity contribution in [2.75, 3.05) is 31.8 Å². The number of fused-ring (bicyclic) bond motifs is 1. The van der Waals surface area contributed by atoms with Crippen LogP contribution >= 0.6 is 0 Å². The first-order valence-corrected chi connectivity index (χ1v) is 12.1. The Morgan fingerprint density at radius 1 is 1.06 bits per heavy atom. The number of carbonyl (C=O) groups excluding carboxylic acids is 1. The summed E-state index contributed by atoms with van der Waals surface area (Å²) in [7, 11) is -1.46. The van der Waals surface area contributed by atoms with Crippen LogP contribution in [0.5, 0.6) is 5.75 Å². The summed E-state index contributed by atoms with van der Waals surface area (Å²) in [5.41, 5.74) is 1.50. The number of nitrogens with one attached hydrogen (secondary N) is 1. The van der Waals surface area contributed by atoms with Gasteiger partial charge in [-0.2, -0.15) is 0 Å². The highest BCUT2D eigenvalue weighted by molar-refractivity contribution is 7.90. The van der Waals surface area contributed by atoms with Crippen LogP contribution in [0.15, 0.2) is 65.6 Å². The van der Waals surface area contributed by atoms with Crippen LogP contribution in [0.4, 0.5) is 5.69 Å². The SMILES string of the molecule is CCCOc1ccc2ccccc2c1CN(C)CC(=O)Nc1cccc(S(C)(=O)=O)c1. The van der Waals surface area contributed by atoms with E-state index in [1.165, 1.54) is 12.1 Å². The fourth-order valence-corrected chi connectivity index (χ4v) is 4.07. The molecule has 1 N–H and O–H groups in total. The summed E-state index contributed by atoms with van der Waals surface area (Å²) in [6.07, 6.45) is 2.06. The maximum Gasteiger partial charge on any atom is 0.238 e. The maximum absolute atomic E-state index is 12.6. The number of nitrogens with zero attached hydrogens (tertiary/aromatic N) is 1. The number of anilines is 1. The van der Waals surface area contributed by atoms with Crippen LogP contribution in [0.25, 0.3) is 10.8 Å². The molecule has 0 bridgehead atoms. The molecule has 0 aliphatic heterocycles. The van der Waals surface area contributed by atoms with Crippen LogP contribution in [-0.2, 0) is 21.2 Å². The van der Waals surface area contributed by atoms with Gasteiger partial charge in [0.2, 0.25) is 5.91 Å². The summed E-state index contributed by atoms with van der Waals surface area (Å²) >= 11 is 0. The van der Waals surface area contributed by atoms with E-state index in [0.717, 1.165) is 34.8 Å². The number of hydrogen-bond donors (Lipinski definition) is 1. The molecule has 0 spiro atoms. The molecule has 0 fully saturated rings. The zero-order valence-electron chi connectivity index (χ0n) is 18.1. The van der Waals surface area contributed by atoms with Gasteiger partial charge < -0.3 is 10.1 Å². The van der Waals surface area contributed by atoms with Crippen molar-refractivity contribution in [3.63, 3.8) is 0 Å². The van der Waals surface area contributed by atoms with Gasteiger partial charge in [0, 0.05) is 24.1 Å². The van der Waals surface area contributed by atoms with E-state index >= 15 is 0 Å². The average molecular weight is 441 g/mol. The molecule has 3 rings (SSSR count). The Balaban J connectivity index is 1.74. The third kappa shape index (κ3) is 6.06. The molecule has 3 aromatic rings. The van der Waals surface area contributed by atoms with E-state index in [-0.39, 0.29) is 17.3 Å². The van der Waals surface area contributed by atoms with Crippen molar-refractivity contribution in [1.82, 2.24) is 4.90 Å². The molecule has 31 heavy (non-hydrogen) atoms. The largest absolute Gasteiger partial charge is 0.493 e. The van der Waals surface area contributed by atoms with Crippen LogP contribution in [0.2, 0.25) is 0 Å². The van der Waals surface area contributed by atoms with E-state index < -0.39 is 9.84 Å². The number of sulfone groups is 1. The second-order valence-corrected chi connectivity index (χ2v) is 9.65. The van der Waals surface area contributed by atoms with Gasteiger partial charge in [0.1, 0.15) is 5.75 Å². The number of likely N-dealkylation sites (N-methyl/N-ethyl adjacent to an activating group) is 1. The Morgan fingerprint density at radius 2 is 1.84 bits per heavy atom. The third-order valence-corrected chi connectivity index (χ3v) is 5.96. The second kappa shape index (κ2) is 9.94. The van der Waals surface area contributed by atoms with E-state index in [2.05, 4.69) is 24.4 Å². The minimum Gasteiger partial charge on any atom is -0.493 e. The van der Waals surface area contributed by atoms with Crippen molar-refractivity contribution in [3.05, 3.63) is 66.2 Å². The Hall–Kier alpha value is -2.90. The van der Waals surface area contributed by atoms with Gasteiger partial charge >= 0.3 is 0 Å². The first-order chi connectivity index (χ1) is 14.8. The number of ether oxygens (including phenoxy) is 1. The van der Waals surface area contributed by atoms with Crippen molar-refractivity contribution < 1.29 is 17.9 Å². The van der Waals surface area contributed by atoms with Crippen LogP contribution in [0, 0.1) is 0 Å². The molecule has 0 heterocycles. The fourth-order valence-electron chi connectivity index (χ4n) is 3.40. The molecule has 164 valence electrons. The van der Waals surface area contributed by atoms with Gasteiger partial charge in [0.05, 0.1) is 18.0 Å². The van der Waals surface area contributed by atoms with E-state index in [1.807, 2.05) is 36.2 Å². The summed E-state index contributed by atoms with van der Waals surface area (Å²) in [5.74, 6) is 0.609. The highest BCUT2D eigenvalue weighted by Gasteiger charge is 2.15. The van der Waals surface area contributed by atoms with Crippen LogP contribution in [0.1, 0.15) is 18.9 Å². The van der Waals surface area contributed by atoms with Gasteiger partial charge in [-0.05, 0) is 48.5 Å². The molecule has 0 saturated heterocycles. The van der Waals surface area contributed by atoms with Gasteiger partial charge in [-0.15, -0.1) is 0 Å². The second-order valence-electron chi connectivity index (χ2n) is 7.63. The first-order valence-electron chi connectivity index (χ1n) is 10.2. The lowest BCUT2D eigenvalue weighted by Gasteiger charge is -2.20. The number of benzene rings is 3. The lowest BCUT2D eigenvalue weighted by molar-refractivity contribution is -0.117. The van der Waals surface area contributed by atoms with E-state index in [1.54, 1.807) is 12.1 Å². The molecule has 3 aromatic carbocycles. The highest BCUT2D eigenvalue weighted by atomic mass is 32.2. The minimum absolute atomic E-state index is 0.152. The summed E-state index contributed by atoms with van der Waals surface area (Å²) < 4.78 is 29.4. The molecule has 0 atom stereocenters. The summed E-state index contributed by atoms with van der Waals surface area (Å²) in [4.78, 5) is 14.6. The molecule has 0 saturated carbocycles. The summed E-state index contributed by atoms with van der Waals surface area (Å²) in [6, 6.07) is 18.4. The molecule has 6 nitrogen and oxygen atoms in total. The zero-order chi connectivity index (χ0) is 22.4.